The molecule has 114 valence electrons. The summed E-state index contributed by atoms with van der Waals surface area (Å²) in [6, 6.07) is 2.41. The fraction of sp³-hybridized carbons (Fsp3) is 0.529. The first-order valence-corrected chi connectivity index (χ1v) is 8.38. The van der Waals surface area contributed by atoms with Gasteiger partial charge in [-0.2, -0.15) is 0 Å². The quantitative estimate of drug-likeness (QED) is 0.906. The van der Waals surface area contributed by atoms with Gasteiger partial charge in [0.05, 0.1) is 10.7 Å². The second-order valence-electron chi connectivity index (χ2n) is 6.42. The number of aromatic nitrogens is 2. The molecule has 2 heterocycles. The van der Waals surface area contributed by atoms with E-state index >= 15 is 0 Å². The zero-order valence-electron chi connectivity index (χ0n) is 13.6. The predicted molar refractivity (Wildman–Crippen MR) is 89.9 cm³/mol. The van der Waals surface area contributed by atoms with Gasteiger partial charge in [0.1, 0.15) is 0 Å². The molecular formula is C17H25N3S. The SMILES string of the molecule is CCNC(Cc1nc(C(C)(C)C)cs1)c1ccncc1C. The largest absolute Gasteiger partial charge is 0.310 e. The van der Waals surface area contributed by atoms with Gasteiger partial charge < -0.3 is 5.32 Å². The van der Waals surface area contributed by atoms with Crippen LogP contribution in [-0.4, -0.2) is 16.5 Å². The van der Waals surface area contributed by atoms with Crippen molar-refractivity contribution in [3.8, 4) is 0 Å². The second kappa shape index (κ2) is 6.67. The topological polar surface area (TPSA) is 37.8 Å². The minimum atomic E-state index is 0.120. The van der Waals surface area contributed by atoms with Crippen LogP contribution in [0.3, 0.4) is 0 Å². The fourth-order valence-electron chi connectivity index (χ4n) is 2.34. The average molecular weight is 303 g/mol. The Morgan fingerprint density at radius 1 is 1.33 bits per heavy atom. The van der Waals surface area contributed by atoms with E-state index in [1.54, 1.807) is 11.3 Å². The molecular weight excluding hydrogens is 278 g/mol. The summed E-state index contributed by atoms with van der Waals surface area (Å²) in [4.78, 5) is 9.01. The summed E-state index contributed by atoms with van der Waals surface area (Å²) in [5, 5.41) is 6.96. The molecule has 21 heavy (non-hydrogen) atoms. The number of aryl methyl sites for hydroxylation is 1. The minimum absolute atomic E-state index is 0.120. The van der Waals surface area contributed by atoms with Crippen LogP contribution in [0.5, 0.6) is 0 Å². The van der Waals surface area contributed by atoms with Gasteiger partial charge in [-0.05, 0) is 30.7 Å². The molecule has 0 aliphatic heterocycles. The molecule has 0 fully saturated rings. The lowest BCUT2D eigenvalue weighted by atomic mass is 9.93. The van der Waals surface area contributed by atoms with Crippen LogP contribution < -0.4 is 5.32 Å². The van der Waals surface area contributed by atoms with E-state index in [1.165, 1.54) is 21.8 Å². The molecule has 0 spiro atoms. The smallest absolute Gasteiger partial charge is 0.0947 e. The maximum absolute atomic E-state index is 4.82. The molecule has 2 rings (SSSR count). The van der Waals surface area contributed by atoms with Gasteiger partial charge in [0.2, 0.25) is 0 Å². The van der Waals surface area contributed by atoms with E-state index in [0.29, 0.717) is 6.04 Å². The van der Waals surface area contributed by atoms with E-state index in [0.717, 1.165) is 13.0 Å². The molecule has 2 aromatic rings. The molecule has 1 N–H and O–H groups in total. The van der Waals surface area contributed by atoms with Crippen molar-refractivity contribution >= 4 is 11.3 Å². The van der Waals surface area contributed by atoms with Crippen LogP contribution in [0.25, 0.3) is 0 Å². The molecule has 0 aromatic carbocycles. The Bertz CT molecular complexity index is 584. The third kappa shape index (κ3) is 4.11. The highest BCUT2D eigenvalue weighted by molar-refractivity contribution is 7.09. The van der Waals surface area contributed by atoms with Crippen molar-refractivity contribution in [2.24, 2.45) is 0 Å². The highest BCUT2D eigenvalue weighted by Gasteiger charge is 2.20. The fourth-order valence-corrected chi connectivity index (χ4v) is 3.41. The summed E-state index contributed by atoms with van der Waals surface area (Å²) >= 11 is 1.76. The molecule has 0 aliphatic rings. The van der Waals surface area contributed by atoms with Crippen molar-refractivity contribution in [2.45, 2.75) is 52.5 Å². The highest BCUT2D eigenvalue weighted by atomic mass is 32.1. The number of hydrogen-bond donors (Lipinski definition) is 1. The van der Waals surface area contributed by atoms with Crippen LogP contribution in [0.4, 0.5) is 0 Å². The molecule has 0 bridgehead atoms. The summed E-state index contributed by atoms with van der Waals surface area (Å²) in [5.74, 6) is 0. The van der Waals surface area contributed by atoms with E-state index in [-0.39, 0.29) is 5.41 Å². The van der Waals surface area contributed by atoms with E-state index in [4.69, 9.17) is 4.98 Å². The van der Waals surface area contributed by atoms with Crippen LogP contribution in [0.15, 0.2) is 23.8 Å². The number of pyridine rings is 1. The van der Waals surface area contributed by atoms with Crippen LogP contribution >= 0.6 is 11.3 Å². The lowest BCUT2D eigenvalue weighted by Crippen LogP contribution is -2.24. The Hall–Kier alpha value is -1.26. The molecule has 0 saturated heterocycles. The molecule has 3 nitrogen and oxygen atoms in total. The number of likely N-dealkylation sites (N-methyl/N-ethyl adjacent to an activating group) is 1. The van der Waals surface area contributed by atoms with Gasteiger partial charge in [-0.15, -0.1) is 11.3 Å². The van der Waals surface area contributed by atoms with Crippen molar-refractivity contribution in [3.63, 3.8) is 0 Å². The van der Waals surface area contributed by atoms with Gasteiger partial charge in [-0.3, -0.25) is 4.98 Å². The second-order valence-corrected chi connectivity index (χ2v) is 7.37. The number of nitrogens with one attached hydrogen (secondary N) is 1. The number of hydrogen-bond acceptors (Lipinski definition) is 4. The molecule has 1 atom stereocenters. The first kappa shape index (κ1) is 16.1. The third-order valence-corrected chi connectivity index (χ3v) is 4.46. The average Bonchev–Trinajstić information content (AvgIpc) is 2.87. The summed E-state index contributed by atoms with van der Waals surface area (Å²) in [6.45, 7) is 11.8. The zero-order chi connectivity index (χ0) is 15.5. The summed E-state index contributed by atoms with van der Waals surface area (Å²) in [6.07, 6.45) is 4.73. The van der Waals surface area contributed by atoms with Crippen LogP contribution in [0.1, 0.15) is 55.6 Å². The van der Waals surface area contributed by atoms with E-state index < -0.39 is 0 Å². The van der Waals surface area contributed by atoms with Gasteiger partial charge in [-0.25, -0.2) is 4.98 Å². The Balaban J connectivity index is 2.21. The number of nitrogens with zero attached hydrogens (tertiary/aromatic N) is 2. The van der Waals surface area contributed by atoms with Crippen molar-refractivity contribution in [2.75, 3.05) is 6.54 Å². The molecule has 0 saturated carbocycles. The van der Waals surface area contributed by atoms with E-state index in [1.807, 2.05) is 12.4 Å². The minimum Gasteiger partial charge on any atom is -0.310 e. The van der Waals surface area contributed by atoms with Gasteiger partial charge in [0.25, 0.3) is 0 Å². The molecule has 4 heteroatoms. The van der Waals surface area contributed by atoms with Crippen LogP contribution in [0, 0.1) is 6.92 Å². The summed E-state index contributed by atoms with van der Waals surface area (Å²) in [5.41, 5.74) is 3.86. The Labute approximate surface area is 131 Å². The van der Waals surface area contributed by atoms with E-state index in [9.17, 15) is 0 Å². The molecule has 0 radical (unpaired) electrons. The first-order valence-electron chi connectivity index (χ1n) is 7.50. The Morgan fingerprint density at radius 3 is 2.67 bits per heavy atom. The van der Waals surface area contributed by atoms with Gasteiger partial charge in [0.15, 0.2) is 0 Å². The van der Waals surface area contributed by atoms with Crippen molar-refractivity contribution < 1.29 is 0 Å². The Kier molecular flexibility index (Phi) is 5.12. The van der Waals surface area contributed by atoms with Crippen molar-refractivity contribution in [1.82, 2.24) is 15.3 Å². The normalized spacial score (nSPS) is 13.4. The lowest BCUT2D eigenvalue weighted by Gasteiger charge is -2.19. The zero-order valence-corrected chi connectivity index (χ0v) is 14.4. The molecule has 2 aromatic heterocycles. The van der Waals surface area contributed by atoms with Crippen LogP contribution in [0.2, 0.25) is 0 Å². The lowest BCUT2D eigenvalue weighted by molar-refractivity contribution is 0.537. The van der Waals surface area contributed by atoms with Crippen LogP contribution in [-0.2, 0) is 11.8 Å². The maximum atomic E-state index is 4.82. The van der Waals surface area contributed by atoms with Crippen molar-refractivity contribution in [3.05, 3.63) is 45.7 Å². The van der Waals surface area contributed by atoms with Gasteiger partial charge >= 0.3 is 0 Å². The predicted octanol–water partition coefficient (Wildman–Crippen LogP) is 4.04. The summed E-state index contributed by atoms with van der Waals surface area (Å²) in [7, 11) is 0. The van der Waals surface area contributed by atoms with E-state index in [2.05, 4.69) is 56.4 Å². The first-order chi connectivity index (χ1) is 9.91. The Morgan fingerprint density at radius 2 is 2.10 bits per heavy atom. The van der Waals surface area contributed by atoms with Gasteiger partial charge in [-0.1, -0.05) is 27.7 Å². The molecule has 0 aliphatic carbocycles. The number of thiazole rings is 1. The highest BCUT2D eigenvalue weighted by Crippen LogP contribution is 2.27. The molecule has 0 amide bonds. The maximum Gasteiger partial charge on any atom is 0.0947 e. The van der Waals surface area contributed by atoms with Gasteiger partial charge in [0, 0.05) is 35.7 Å². The third-order valence-electron chi connectivity index (χ3n) is 3.59. The monoisotopic (exact) mass is 303 g/mol. The number of rotatable bonds is 5. The van der Waals surface area contributed by atoms with Crippen molar-refractivity contribution in [1.29, 1.82) is 0 Å². The summed E-state index contributed by atoms with van der Waals surface area (Å²) < 4.78 is 0. The molecule has 1 unspecified atom stereocenters. The standard InChI is InChI=1S/C17H25N3S/c1-6-19-14(13-7-8-18-10-12(13)2)9-16-20-15(11-21-16)17(3,4)5/h7-8,10-11,14,19H,6,9H2,1-5H3.